The Bertz CT molecular complexity index is 476. The second-order valence-corrected chi connectivity index (χ2v) is 5.06. The molecule has 0 aliphatic carbocycles. The highest BCUT2D eigenvalue weighted by Gasteiger charge is 2.23. The monoisotopic (exact) mass is 263 g/mol. The van der Waals surface area contributed by atoms with E-state index in [1.54, 1.807) is 12.1 Å². The van der Waals surface area contributed by atoms with E-state index in [1.165, 1.54) is 12.5 Å². The molecule has 0 atom stereocenters. The van der Waals surface area contributed by atoms with Gasteiger partial charge in [-0.15, -0.1) is 0 Å². The number of likely N-dealkylation sites (tertiary alicyclic amines) is 1. The van der Waals surface area contributed by atoms with Gasteiger partial charge >= 0.3 is 0 Å². The highest BCUT2D eigenvalue weighted by atomic mass is 16.2. The van der Waals surface area contributed by atoms with Crippen LogP contribution >= 0.6 is 0 Å². The number of piperidine rings is 1. The molecule has 104 valence electrons. The molecule has 1 aliphatic rings. The van der Waals surface area contributed by atoms with E-state index < -0.39 is 0 Å². The average molecular weight is 263 g/mol. The van der Waals surface area contributed by atoms with Crippen molar-refractivity contribution in [2.45, 2.75) is 19.3 Å². The molecule has 19 heavy (non-hydrogen) atoms. The van der Waals surface area contributed by atoms with Crippen LogP contribution in [0.15, 0.2) is 23.0 Å². The Morgan fingerprint density at radius 3 is 2.79 bits per heavy atom. The van der Waals surface area contributed by atoms with E-state index in [2.05, 4.69) is 10.3 Å². The maximum absolute atomic E-state index is 12.2. The number of H-pyrrole nitrogens is 1. The number of amides is 1. The SMILES string of the molecule is CNCCC1CCN(C(=O)c2cccc(=O)[nH]2)CC1. The predicted molar refractivity (Wildman–Crippen MR) is 74.2 cm³/mol. The van der Waals surface area contributed by atoms with E-state index >= 15 is 0 Å². The van der Waals surface area contributed by atoms with Crippen LogP contribution in [0.2, 0.25) is 0 Å². The summed E-state index contributed by atoms with van der Waals surface area (Å²) in [4.78, 5) is 27.9. The second-order valence-electron chi connectivity index (χ2n) is 5.06. The van der Waals surface area contributed by atoms with Crippen LogP contribution in [-0.4, -0.2) is 42.5 Å². The fourth-order valence-corrected chi connectivity index (χ4v) is 2.52. The van der Waals surface area contributed by atoms with Gasteiger partial charge in [-0.2, -0.15) is 0 Å². The predicted octanol–water partition coefficient (Wildman–Crippen LogP) is 0.837. The number of carbonyl (C=O) groups excluding carboxylic acids is 1. The minimum Gasteiger partial charge on any atom is -0.337 e. The van der Waals surface area contributed by atoms with Crippen LogP contribution in [0.25, 0.3) is 0 Å². The van der Waals surface area contributed by atoms with Gasteiger partial charge in [-0.25, -0.2) is 0 Å². The molecule has 2 heterocycles. The molecule has 0 bridgehead atoms. The van der Waals surface area contributed by atoms with Crippen molar-refractivity contribution in [1.29, 1.82) is 0 Å². The first-order valence-electron chi connectivity index (χ1n) is 6.84. The number of aromatic amines is 1. The molecular formula is C14H21N3O2. The van der Waals surface area contributed by atoms with Gasteiger partial charge in [0.2, 0.25) is 5.56 Å². The highest BCUT2D eigenvalue weighted by Crippen LogP contribution is 2.20. The lowest BCUT2D eigenvalue weighted by Crippen LogP contribution is -2.39. The van der Waals surface area contributed by atoms with Crippen LogP contribution < -0.4 is 10.9 Å². The molecule has 0 radical (unpaired) electrons. The van der Waals surface area contributed by atoms with Gasteiger partial charge in [0, 0.05) is 19.2 Å². The first kappa shape index (κ1) is 13.8. The minimum atomic E-state index is -0.227. The maximum Gasteiger partial charge on any atom is 0.270 e. The fraction of sp³-hybridized carbons (Fsp3) is 0.571. The van der Waals surface area contributed by atoms with E-state index in [0.29, 0.717) is 11.6 Å². The smallest absolute Gasteiger partial charge is 0.270 e. The number of aromatic nitrogens is 1. The number of nitrogens with zero attached hydrogens (tertiary/aromatic N) is 1. The minimum absolute atomic E-state index is 0.0650. The van der Waals surface area contributed by atoms with Crippen molar-refractivity contribution in [1.82, 2.24) is 15.2 Å². The molecule has 1 saturated heterocycles. The standard InChI is InChI=1S/C14H21N3O2/c1-15-8-5-11-6-9-17(10-7-11)14(19)12-3-2-4-13(18)16-12/h2-4,11,15H,5-10H2,1H3,(H,16,18). The summed E-state index contributed by atoms with van der Waals surface area (Å²) in [6, 6.07) is 4.70. The summed E-state index contributed by atoms with van der Waals surface area (Å²) in [7, 11) is 1.96. The fourth-order valence-electron chi connectivity index (χ4n) is 2.52. The largest absolute Gasteiger partial charge is 0.337 e. The summed E-state index contributed by atoms with van der Waals surface area (Å²) in [6.07, 6.45) is 3.26. The summed E-state index contributed by atoms with van der Waals surface area (Å²) < 4.78 is 0. The summed E-state index contributed by atoms with van der Waals surface area (Å²) >= 11 is 0. The molecule has 1 fully saturated rings. The van der Waals surface area contributed by atoms with Gasteiger partial charge in [-0.1, -0.05) is 6.07 Å². The van der Waals surface area contributed by atoms with Crippen molar-refractivity contribution in [2.75, 3.05) is 26.7 Å². The van der Waals surface area contributed by atoms with Crippen molar-refractivity contribution in [3.63, 3.8) is 0 Å². The molecular weight excluding hydrogens is 242 g/mol. The van der Waals surface area contributed by atoms with Crippen molar-refractivity contribution < 1.29 is 4.79 Å². The van der Waals surface area contributed by atoms with E-state index in [-0.39, 0.29) is 11.5 Å². The molecule has 2 rings (SSSR count). The van der Waals surface area contributed by atoms with Crippen molar-refractivity contribution in [3.05, 3.63) is 34.2 Å². The lowest BCUT2D eigenvalue weighted by atomic mass is 9.93. The number of rotatable bonds is 4. The van der Waals surface area contributed by atoms with Gasteiger partial charge in [-0.05, 0) is 44.8 Å². The summed E-state index contributed by atoms with van der Waals surface area (Å²) in [5.74, 6) is 0.635. The van der Waals surface area contributed by atoms with Gasteiger partial charge < -0.3 is 15.2 Å². The third-order valence-electron chi connectivity index (χ3n) is 3.70. The van der Waals surface area contributed by atoms with Crippen LogP contribution in [0.4, 0.5) is 0 Å². The first-order valence-corrected chi connectivity index (χ1v) is 6.84. The molecule has 2 N–H and O–H groups in total. The number of nitrogens with one attached hydrogen (secondary N) is 2. The Morgan fingerprint density at radius 2 is 2.16 bits per heavy atom. The zero-order chi connectivity index (χ0) is 13.7. The van der Waals surface area contributed by atoms with Crippen molar-refractivity contribution in [2.24, 2.45) is 5.92 Å². The van der Waals surface area contributed by atoms with Crippen molar-refractivity contribution in [3.8, 4) is 0 Å². The van der Waals surface area contributed by atoms with Crippen LogP contribution in [0.3, 0.4) is 0 Å². The lowest BCUT2D eigenvalue weighted by Gasteiger charge is -2.31. The maximum atomic E-state index is 12.2. The van der Waals surface area contributed by atoms with Crippen LogP contribution in [-0.2, 0) is 0 Å². The first-order chi connectivity index (χ1) is 9.20. The highest BCUT2D eigenvalue weighted by molar-refractivity contribution is 5.92. The zero-order valence-corrected chi connectivity index (χ0v) is 11.3. The summed E-state index contributed by atoms with van der Waals surface area (Å²) in [6.45, 7) is 2.60. The van der Waals surface area contributed by atoms with E-state index in [9.17, 15) is 9.59 Å². The molecule has 0 unspecified atom stereocenters. The Kier molecular flexibility index (Phi) is 4.74. The Labute approximate surface area is 113 Å². The van der Waals surface area contributed by atoms with Crippen LogP contribution in [0.5, 0.6) is 0 Å². The second kappa shape index (κ2) is 6.52. The normalized spacial score (nSPS) is 16.6. The molecule has 0 aromatic carbocycles. The van der Waals surface area contributed by atoms with E-state index in [4.69, 9.17) is 0 Å². The summed E-state index contributed by atoms with van der Waals surface area (Å²) in [5, 5.41) is 3.16. The lowest BCUT2D eigenvalue weighted by molar-refractivity contribution is 0.0681. The number of hydrogen-bond donors (Lipinski definition) is 2. The van der Waals surface area contributed by atoms with Gasteiger partial charge in [0.15, 0.2) is 0 Å². The Morgan fingerprint density at radius 1 is 1.42 bits per heavy atom. The third kappa shape index (κ3) is 3.67. The van der Waals surface area contributed by atoms with Crippen LogP contribution in [0.1, 0.15) is 29.8 Å². The number of pyridine rings is 1. The molecule has 1 aliphatic heterocycles. The molecule has 0 saturated carbocycles. The zero-order valence-electron chi connectivity index (χ0n) is 11.3. The molecule has 0 spiro atoms. The number of carbonyl (C=O) groups is 1. The van der Waals surface area contributed by atoms with Gasteiger partial charge in [-0.3, -0.25) is 9.59 Å². The Hall–Kier alpha value is -1.62. The van der Waals surface area contributed by atoms with Crippen molar-refractivity contribution >= 4 is 5.91 Å². The Balaban J connectivity index is 1.91. The van der Waals surface area contributed by atoms with E-state index in [1.807, 2.05) is 11.9 Å². The van der Waals surface area contributed by atoms with Crippen LogP contribution in [0, 0.1) is 5.92 Å². The molecule has 5 heteroatoms. The average Bonchev–Trinajstić information content (AvgIpc) is 2.45. The van der Waals surface area contributed by atoms with Gasteiger partial charge in [0.05, 0.1) is 0 Å². The third-order valence-corrected chi connectivity index (χ3v) is 3.70. The molecule has 1 aromatic heterocycles. The van der Waals surface area contributed by atoms with E-state index in [0.717, 1.165) is 32.5 Å². The molecule has 1 aromatic rings. The molecule has 5 nitrogen and oxygen atoms in total. The quantitative estimate of drug-likeness (QED) is 0.846. The molecule has 1 amide bonds. The topological polar surface area (TPSA) is 65.2 Å². The summed E-state index contributed by atoms with van der Waals surface area (Å²) in [5.41, 5.74) is 0.163. The van der Waals surface area contributed by atoms with Gasteiger partial charge in [0.1, 0.15) is 5.69 Å². The van der Waals surface area contributed by atoms with Gasteiger partial charge in [0.25, 0.3) is 5.91 Å². The number of hydrogen-bond acceptors (Lipinski definition) is 3.